The number of aryl methyl sites for hydroxylation is 2. The third-order valence-electron chi connectivity index (χ3n) is 3.62. The zero-order valence-electron chi connectivity index (χ0n) is 13.6. The average molecular weight is 284 g/mol. The van der Waals surface area contributed by atoms with Gasteiger partial charge in [-0.25, -0.2) is 9.55 Å². The predicted octanol–water partition coefficient (Wildman–Crippen LogP) is 3.99. The molecule has 2 heterocycles. The van der Waals surface area contributed by atoms with Crippen LogP contribution in [0.1, 0.15) is 50.8 Å². The summed E-state index contributed by atoms with van der Waals surface area (Å²) < 4.78 is 4.32. The number of nitrogens with zero attached hydrogens (tertiary/aromatic N) is 3. The first-order valence-electron chi connectivity index (χ1n) is 7.86. The number of aromatic nitrogens is 3. The summed E-state index contributed by atoms with van der Waals surface area (Å²) in [5.74, 6) is 1.02. The molecule has 0 saturated heterocycles. The van der Waals surface area contributed by atoms with E-state index in [9.17, 15) is 0 Å². The van der Waals surface area contributed by atoms with E-state index < -0.39 is 0 Å². The molecule has 0 bridgehead atoms. The second-order valence-electron chi connectivity index (χ2n) is 5.58. The molecule has 0 aliphatic carbocycles. The van der Waals surface area contributed by atoms with Crippen LogP contribution >= 0.6 is 0 Å². The van der Waals surface area contributed by atoms with Crippen LogP contribution in [-0.2, 0) is 7.05 Å². The summed E-state index contributed by atoms with van der Waals surface area (Å²) >= 11 is 0. The van der Waals surface area contributed by atoms with Gasteiger partial charge >= 0.3 is 0 Å². The highest BCUT2D eigenvalue weighted by Crippen LogP contribution is 2.23. The van der Waals surface area contributed by atoms with Crippen LogP contribution in [0.3, 0.4) is 0 Å². The number of unbranched alkanes of at least 4 members (excludes halogenated alkanes) is 1. The summed E-state index contributed by atoms with van der Waals surface area (Å²) in [5, 5.41) is 0. The van der Waals surface area contributed by atoms with Gasteiger partial charge in [0.15, 0.2) is 5.69 Å². The third-order valence-corrected chi connectivity index (χ3v) is 3.62. The van der Waals surface area contributed by atoms with Crippen molar-refractivity contribution in [2.45, 2.75) is 46.5 Å². The molecule has 0 atom stereocenters. The molecule has 3 nitrogen and oxygen atoms in total. The highest BCUT2D eigenvalue weighted by Gasteiger charge is 2.19. The van der Waals surface area contributed by atoms with E-state index in [1.807, 2.05) is 12.3 Å². The second kappa shape index (κ2) is 7.21. The molecule has 0 radical (unpaired) electrons. The molecule has 0 aliphatic rings. The third kappa shape index (κ3) is 3.60. The first-order chi connectivity index (χ1) is 10.2. The Morgan fingerprint density at radius 3 is 2.81 bits per heavy atom. The first-order valence-corrected chi connectivity index (χ1v) is 7.86. The van der Waals surface area contributed by atoms with Crippen LogP contribution in [0.15, 0.2) is 36.9 Å². The monoisotopic (exact) mass is 284 g/mol. The van der Waals surface area contributed by atoms with Gasteiger partial charge in [0.25, 0.3) is 6.33 Å². The fourth-order valence-corrected chi connectivity index (χ4v) is 2.59. The Labute approximate surface area is 128 Å². The number of pyridine rings is 1. The fraction of sp³-hybridized carbons (Fsp3) is 0.444. The van der Waals surface area contributed by atoms with Crippen molar-refractivity contribution in [2.75, 3.05) is 0 Å². The van der Waals surface area contributed by atoms with E-state index in [0.717, 1.165) is 25.1 Å². The highest BCUT2D eigenvalue weighted by molar-refractivity contribution is 5.63. The van der Waals surface area contributed by atoms with Gasteiger partial charge in [-0.3, -0.25) is 0 Å². The van der Waals surface area contributed by atoms with Crippen molar-refractivity contribution in [1.29, 1.82) is 0 Å². The van der Waals surface area contributed by atoms with Crippen LogP contribution < -0.4 is 4.57 Å². The fourth-order valence-electron chi connectivity index (χ4n) is 2.59. The van der Waals surface area contributed by atoms with E-state index >= 15 is 0 Å². The Morgan fingerprint density at radius 2 is 2.14 bits per heavy atom. The molecular formula is C18H26N3+. The molecule has 0 spiro atoms. The molecule has 3 heteroatoms. The summed E-state index contributed by atoms with van der Waals surface area (Å²) in [6.45, 7) is 6.57. The summed E-state index contributed by atoms with van der Waals surface area (Å²) in [6.07, 6.45) is 13.1. The predicted molar refractivity (Wildman–Crippen MR) is 87.3 cm³/mol. The zero-order valence-corrected chi connectivity index (χ0v) is 13.6. The molecule has 0 fully saturated rings. The minimum Gasteiger partial charge on any atom is -0.238 e. The van der Waals surface area contributed by atoms with Gasteiger partial charge in [-0.05, 0) is 31.4 Å². The zero-order chi connectivity index (χ0) is 15.2. The first kappa shape index (κ1) is 15.5. The van der Waals surface area contributed by atoms with Crippen LogP contribution in [0.5, 0.6) is 0 Å². The number of rotatable bonds is 6. The van der Waals surface area contributed by atoms with Gasteiger partial charge in [-0.15, -0.1) is 0 Å². The minimum absolute atomic E-state index is 1.02. The standard InChI is InChI=1S/C18H26N3/c1-5-7-11-16(9-6-2)17-13-20(4)14-21(17)18-15(3)10-8-12-19-18/h8,10-14H,5-7,9H2,1-4H3/q+1/b16-11+. The number of hydrogen-bond donors (Lipinski definition) is 0. The molecule has 21 heavy (non-hydrogen) atoms. The van der Waals surface area contributed by atoms with E-state index in [4.69, 9.17) is 0 Å². The van der Waals surface area contributed by atoms with Crippen molar-refractivity contribution < 1.29 is 4.57 Å². The molecule has 112 valence electrons. The Hall–Kier alpha value is -1.90. The molecule has 0 saturated carbocycles. The molecule has 0 unspecified atom stereocenters. The summed E-state index contributed by atoms with van der Waals surface area (Å²) in [7, 11) is 2.07. The molecule has 2 aromatic heterocycles. The Bertz CT molecular complexity index is 623. The maximum Gasteiger partial charge on any atom is 0.250 e. The lowest BCUT2D eigenvalue weighted by Gasteiger charge is -2.06. The number of allylic oxidation sites excluding steroid dienone is 2. The molecule has 0 N–H and O–H groups in total. The van der Waals surface area contributed by atoms with Gasteiger partial charge in [0, 0.05) is 11.8 Å². The van der Waals surface area contributed by atoms with Gasteiger partial charge in [-0.2, -0.15) is 4.57 Å². The van der Waals surface area contributed by atoms with Crippen molar-refractivity contribution >= 4 is 5.57 Å². The van der Waals surface area contributed by atoms with Crippen molar-refractivity contribution in [2.24, 2.45) is 7.05 Å². The van der Waals surface area contributed by atoms with Gasteiger partial charge in [0.2, 0.25) is 5.82 Å². The SMILES string of the molecule is CCC/C=C(\CCC)c1c[n+](C)cn1-c1ncccc1C. The van der Waals surface area contributed by atoms with E-state index in [2.05, 4.69) is 66.6 Å². The van der Waals surface area contributed by atoms with E-state index in [1.165, 1.54) is 23.3 Å². The molecule has 0 amide bonds. The minimum atomic E-state index is 1.02. The second-order valence-corrected chi connectivity index (χ2v) is 5.58. The maximum atomic E-state index is 4.57. The van der Waals surface area contributed by atoms with Crippen LogP contribution in [0.4, 0.5) is 0 Å². The molecule has 2 aromatic rings. The topological polar surface area (TPSA) is 21.7 Å². The van der Waals surface area contributed by atoms with Gasteiger partial charge in [0.05, 0.1) is 7.05 Å². The Balaban J connectivity index is 2.52. The van der Waals surface area contributed by atoms with Gasteiger partial charge in [0.1, 0.15) is 6.20 Å². The van der Waals surface area contributed by atoms with E-state index in [-0.39, 0.29) is 0 Å². The number of imidazole rings is 1. The summed E-state index contributed by atoms with van der Waals surface area (Å²) in [4.78, 5) is 4.57. The lowest BCUT2D eigenvalue weighted by molar-refractivity contribution is -0.670. The quantitative estimate of drug-likeness (QED) is 0.735. The lowest BCUT2D eigenvalue weighted by atomic mass is 10.1. The summed E-state index contributed by atoms with van der Waals surface area (Å²) in [6, 6.07) is 4.10. The van der Waals surface area contributed by atoms with Crippen molar-refractivity contribution in [1.82, 2.24) is 9.55 Å². The van der Waals surface area contributed by atoms with E-state index in [1.54, 1.807) is 0 Å². The average Bonchev–Trinajstić information content (AvgIpc) is 2.85. The molecule has 2 rings (SSSR count). The van der Waals surface area contributed by atoms with Crippen LogP contribution in [0.2, 0.25) is 0 Å². The molecule has 0 aliphatic heterocycles. The molecule has 0 aromatic carbocycles. The Kier molecular flexibility index (Phi) is 5.32. The van der Waals surface area contributed by atoms with Gasteiger partial charge < -0.3 is 0 Å². The highest BCUT2D eigenvalue weighted by atomic mass is 15.2. The van der Waals surface area contributed by atoms with Crippen LogP contribution in [0.25, 0.3) is 11.4 Å². The van der Waals surface area contributed by atoms with Crippen LogP contribution in [0, 0.1) is 6.92 Å². The largest absolute Gasteiger partial charge is 0.250 e. The lowest BCUT2D eigenvalue weighted by Crippen LogP contribution is -2.23. The van der Waals surface area contributed by atoms with Crippen molar-refractivity contribution in [3.05, 3.63) is 48.2 Å². The summed E-state index contributed by atoms with van der Waals surface area (Å²) in [5.41, 5.74) is 3.88. The van der Waals surface area contributed by atoms with Crippen LogP contribution in [-0.4, -0.2) is 9.55 Å². The normalized spacial score (nSPS) is 11.9. The molecular weight excluding hydrogens is 258 g/mol. The smallest absolute Gasteiger partial charge is 0.238 e. The maximum absolute atomic E-state index is 4.57. The number of hydrogen-bond acceptors (Lipinski definition) is 1. The van der Waals surface area contributed by atoms with E-state index in [0.29, 0.717) is 0 Å². The van der Waals surface area contributed by atoms with Crippen molar-refractivity contribution in [3.63, 3.8) is 0 Å². The van der Waals surface area contributed by atoms with Gasteiger partial charge in [-0.1, -0.05) is 38.8 Å². The van der Waals surface area contributed by atoms with Crippen molar-refractivity contribution in [3.8, 4) is 5.82 Å². The Morgan fingerprint density at radius 1 is 1.33 bits per heavy atom.